The lowest BCUT2D eigenvalue weighted by molar-refractivity contribution is 0.0637. The highest BCUT2D eigenvalue weighted by Gasteiger charge is 2.25. The second-order valence-electron chi connectivity index (χ2n) is 4.82. The van der Waals surface area contributed by atoms with Gasteiger partial charge in [-0.05, 0) is 38.6 Å². The lowest BCUT2D eigenvalue weighted by Crippen LogP contribution is -2.47. The molecule has 1 saturated heterocycles. The Morgan fingerprint density at radius 3 is 3.00 bits per heavy atom. The van der Waals surface area contributed by atoms with Gasteiger partial charge in [0.05, 0.1) is 0 Å². The van der Waals surface area contributed by atoms with Crippen LogP contribution in [0.5, 0.6) is 0 Å². The van der Waals surface area contributed by atoms with E-state index >= 15 is 0 Å². The van der Waals surface area contributed by atoms with Crippen LogP contribution in [-0.2, 0) is 0 Å². The molecule has 4 nitrogen and oxygen atoms in total. The van der Waals surface area contributed by atoms with E-state index in [0.717, 1.165) is 25.9 Å². The topological polar surface area (TPSA) is 36.4 Å². The van der Waals surface area contributed by atoms with Crippen LogP contribution in [-0.4, -0.2) is 53.9 Å². The van der Waals surface area contributed by atoms with Crippen molar-refractivity contribution >= 4 is 5.91 Å². The van der Waals surface area contributed by atoms with Gasteiger partial charge in [-0.15, -0.1) is 0 Å². The third-order valence-corrected chi connectivity index (χ3v) is 3.40. The molecule has 1 atom stereocenters. The summed E-state index contributed by atoms with van der Waals surface area (Å²) in [6.45, 7) is 1.92. The van der Waals surface area contributed by atoms with Gasteiger partial charge in [-0.2, -0.15) is 4.39 Å². The first-order chi connectivity index (χ1) is 8.58. The van der Waals surface area contributed by atoms with Gasteiger partial charge in [-0.3, -0.25) is 4.79 Å². The maximum atomic E-state index is 13.0. The first-order valence-corrected chi connectivity index (χ1v) is 6.16. The number of piperidine rings is 1. The highest BCUT2D eigenvalue weighted by atomic mass is 19.1. The largest absolute Gasteiger partial charge is 0.336 e. The normalized spacial score (nSPS) is 20.7. The molecule has 0 N–H and O–H groups in total. The Morgan fingerprint density at radius 1 is 1.56 bits per heavy atom. The monoisotopic (exact) mass is 251 g/mol. The van der Waals surface area contributed by atoms with Gasteiger partial charge in [0.15, 0.2) is 0 Å². The molecule has 1 aromatic heterocycles. The van der Waals surface area contributed by atoms with Gasteiger partial charge >= 0.3 is 0 Å². The number of carbonyl (C=O) groups excluding carboxylic acids is 1. The van der Waals surface area contributed by atoms with Crippen LogP contribution in [0.3, 0.4) is 0 Å². The third-order valence-electron chi connectivity index (χ3n) is 3.40. The molecule has 1 fully saturated rings. The molecule has 0 spiro atoms. The minimum atomic E-state index is -0.616. The Balaban J connectivity index is 2.08. The summed E-state index contributed by atoms with van der Waals surface area (Å²) in [5.74, 6) is -0.829. The van der Waals surface area contributed by atoms with E-state index in [1.165, 1.54) is 12.1 Å². The summed E-state index contributed by atoms with van der Waals surface area (Å²) < 4.78 is 13.0. The number of likely N-dealkylation sites (tertiary alicyclic amines) is 1. The molecule has 0 aromatic carbocycles. The summed E-state index contributed by atoms with van der Waals surface area (Å²) in [4.78, 5) is 19.7. The molecule has 1 aromatic rings. The van der Waals surface area contributed by atoms with Gasteiger partial charge in [-0.1, -0.05) is 6.07 Å². The van der Waals surface area contributed by atoms with Crippen molar-refractivity contribution in [1.29, 1.82) is 0 Å². The molecule has 2 heterocycles. The fraction of sp³-hybridized carbons (Fsp3) is 0.538. The summed E-state index contributed by atoms with van der Waals surface area (Å²) in [5.41, 5.74) is 0.172. The molecule has 0 radical (unpaired) electrons. The number of likely N-dealkylation sites (N-methyl/N-ethyl adjacent to an activating group) is 2. The number of aromatic nitrogens is 1. The average molecular weight is 251 g/mol. The van der Waals surface area contributed by atoms with E-state index in [-0.39, 0.29) is 17.6 Å². The number of pyridine rings is 1. The fourth-order valence-electron chi connectivity index (χ4n) is 2.33. The van der Waals surface area contributed by atoms with Crippen LogP contribution in [0, 0.1) is 5.95 Å². The second kappa shape index (κ2) is 5.44. The Morgan fingerprint density at radius 2 is 2.33 bits per heavy atom. The SMILES string of the molecule is CN1CCCC(N(C)C(=O)c2cccc(F)n2)C1. The van der Waals surface area contributed by atoms with Crippen molar-refractivity contribution < 1.29 is 9.18 Å². The third kappa shape index (κ3) is 2.85. The van der Waals surface area contributed by atoms with Crippen molar-refractivity contribution in [3.8, 4) is 0 Å². The molecule has 1 unspecified atom stereocenters. The van der Waals surface area contributed by atoms with Gasteiger partial charge in [0.1, 0.15) is 5.69 Å². The minimum Gasteiger partial charge on any atom is -0.336 e. The smallest absolute Gasteiger partial charge is 0.272 e. The maximum Gasteiger partial charge on any atom is 0.272 e. The van der Waals surface area contributed by atoms with E-state index in [0.29, 0.717) is 0 Å². The van der Waals surface area contributed by atoms with E-state index in [1.54, 1.807) is 18.0 Å². The molecule has 98 valence electrons. The van der Waals surface area contributed by atoms with Crippen LogP contribution in [0.2, 0.25) is 0 Å². The van der Waals surface area contributed by atoms with Gasteiger partial charge < -0.3 is 9.80 Å². The van der Waals surface area contributed by atoms with Crippen molar-refractivity contribution in [3.63, 3.8) is 0 Å². The molecular formula is C13H18FN3O. The molecule has 0 bridgehead atoms. The van der Waals surface area contributed by atoms with E-state index < -0.39 is 5.95 Å². The van der Waals surface area contributed by atoms with Crippen molar-refractivity contribution in [2.24, 2.45) is 0 Å². The van der Waals surface area contributed by atoms with Crippen molar-refractivity contribution in [2.75, 3.05) is 27.2 Å². The lowest BCUT2D eigenvalue weighted by atomic mass is 10.0. The summed E-state index contributed by atoms with van der Waals surface area (Å²) in [6.07, 6.45) is 2.07. The van der Waals surface area contributed by atoms with Crippen molar-refractivity contribution in [3.05, 3.63) is 29.8 Å². The molecule has 1 aliphatic rings. The Hall–Kier alpha value is -1.49. The lowest BCUT2D eigenvalue weighted by Gasteiger charge is -2.35. The summed E-state index contributed by atoms with van der Waals surface area (Å²) in [5, 5.41) is 0. The van der Waals surface area contributed by atoms with Crippen LogP contribution < -0.4 is 0 Å². The van der Waals surface area contributed by atoms with Crippen molar-refractivity contribution in [2.45, 2.75) is 18.9 Å². The number of nitrogens with zero attached hydrogens (tertiary/aromatic N) is 3. The number of hydrogen-bond acceptors (Lipinski definition) is 3. The van der Waals surface area contributed by atoms with Crippen LogP contribution in [0.25, 0.3) is 0 Å². The van der Waals surface area contributed by atoms with E-state index in [1.807, 2.05) is 7.05 Å². The van der Waals surface area contributed by atoms with Gasteiger partial charge in [-0.25, -0.2) is 4.98 Å². The molecule has 0 aliphatic carbocycles. The highest BCUT2D eigenvalue weighted by Crippen LogP contribution is 2.15. The predicted octanol–water partition coefficient (Wildman–Crippen LogP) is 1.39. The zero-order valence-corrected chi connectivity index (χ0v) is 10.8. The zero-order valence-electron chi connectivity index (χ0n) is 10.8. The first kappa shape index (κ1) is 13.0. The number of carbonyl (C=O) groups is 1. The molecule has 2 rings (SSSR count). The summed E-state index contributed by atoms with van der Waals surface area (Å²) >= 11 is 0. The number of halogens is 1. The molecule has 5 heteroatoms. The number of rotatable bonds is 2. The van der Waals surface area contributed by atoms with Crippen LogP contribution >= 0.6 is 0 Å². The first-order valence-electron chi connectivity index (χ1n) is 6.16. The second-order valence-corrected chi connectivity index (χ2v) is 4.82. The highest BCUT2D eigenvalue weighted by molar-refractivity contribution is 5.92. The van der Waals surface area contributed by atoms with Gasteiger partial charge in [0.2, 0.25) is 5.95 Å². The standard InChI is InChI=1S/C13H18FN3O/c1-16-8-4-5-10(9-16)17(2)13(18)11-6-3-7-12(14)15-11/h3,6-7,10H,4-5,8-9H2,1-2H3. The summed E-state index contributed by atoms with van der Waals surface area (Å²) in [7, 11) is 3.81. The van der Waals surface area contributed by atoms with Gasteiger partial charge in [0.25, 0.3) is 5.91 Å². The predicted molar refractivity (Wildman–Crippen MR) is 66.8 cm³/mol. The Kier molecular flexibility index (Phi) is 3.91. The molecule has 18 heavy (non-hydrogen) atoms. The number of hydrogen-bond donors (Lipinski definition) is 0. The Labute approximate surface area is 106 Å². The maximum absolute atomic E-state index is 13.0. The average Bonchev–Trinajstić information content (AvgIpc) is 2.37. The quantitative estimate of drug-likeness (QED) is 0.745. The zero-order chi connectivity index (χ0) is 13.1. The van der Waals surface area contributed by atoms with Crippen LogP contribution in [0.15, 0.2) is 18.2 Å². The molecule has 0 saturated carbocycles. The van der Waals surface area contributed by atoms with E-state index in [2.05, 4.69) is 9.88 Å². The van der Waals surface area contributed by atoms with Crippen LogP contribution in [0.4, 0.5) is 4.39 Å². The molecule has 1 amide bonds. The summed E-state index contributed by atoms with van der Waals surface area (Å²) in [6, 6.07) is 4.48. The minimum absolute atomic E-state index is 0.172. The van der Waals surface area contributed by atoms with E-state index in [9.17, 15) is 9.18 Å². The van der Waals surface area contributed by atoms with Gasteiger partial charge in [0, 0.05) is 19.6 Å². The van der Waals surface area contributed by atoms with Crippen molar-refractivity contribution in [1.82, 2.24) is 14.8 Å². The fourth-order valence-corrected chi connectivity index (χ4v) is 2.33. The molecular weight excluding hydrogens is 233 g/mol. The Bertz CT molecular complexity index is 438. The molecule has 1 aliphatic heterocycles. The van der Waals surface area contributed by atoms with Crippen LogP contribution in [0.1, 0.15) is 23.3 Å². The van der Waals surface area contributed by atoms with E-state index in [4.69, 9.17) is 0 Å². The number of amides is 1.